The van der Waals surface area contributed by atoms with Crippen molar-refractivity contribution in [2.45, 2.75) is 26.2 Å². The Kier molecular flexibility index (Phi) is 3.32. The Bertz CT molecular complexity index is 201. The number of hydrogen-bond donors (Lipinski definition) is 0. The van der Waals surface area contributed by atoms with Crippen molar-refractivity contribution in [1.29, 1.82) is 0 Å². The Labute approximate surface area is 77.1 Å². The van der Waals surface area contributed by atoms with E-state index >= 15 is 0 Å². The molecule has 0 N–H and O–H groups in total. The Morgan fingerprint density at radius 2 is 2.17 bits per heavy atom. The summed E-state index contributed by atoms with van der Waals surface area (Å²) in [4.78, 5) is 22.8. The van der Waals surface area contributed by atoms with Gasteiger partial charge in [0.05, 0.1) is 5.92 Å². The van der Waals surface area contributed by atoms with Crippen molar-refractivity contribution in [2.24, 2.45) is 11.8 Å². The van der Waals surface area contributed by atoms with Crippen molar-refractivity contribution in [1.82, 2.24) is 0 Å². The molecule has 0 radical (unpaired) electrons. The average molecular weight is 186 g/mol. The van der Waals surface area contributed by atoms with Crippen LogP contribution in [0.25, 0.3) is 0 Å². The first-order valence-corrected chi connectivity index (χ1v) is 5.51. The minimum atomic E-state index is -0.302. The molecule has 1 aliphatic carbocycles. The Balaban J connectivity index is 2.64. The summed E-state index contributed by atoms with van der Waals surface area (Å²) >= 11 is 1.18. The van der Waals surface area contributed by atoms with E-state index in [1.807, 2.05) is 6.92 Å². The van der Waals surface area contributed by atoms with Crippen LogP contribution in [0.3, 0.4) is 0 Å². The van der Waals surface area contributed by atoms with Gasteiger partial charge in [-0.05, 0) is 19.1 Å². The van der Waals surface area contributed by atoms with Gasteiger partial charge in [0.2, 0.25) is 0 Å². The number of carbonyl (C=O) groups excluding carboxylic acids is 2. The molecule has 0 saturated heterocycles. The summed E-state index contributed by atoms with van der Waals surface area (Å²) in [5.41, 5.74) is 0. The van der Waals surface area contributed by atoms with Crippen LogP contribution in [0.1, 0.15) is 26.2 Å². The molecule has 3 heteroatoms. The molecule has 0 amide bonds. The minimum absolute atomic E-state index is 0.0477. The SMILES string of the molecule is CSC(=O)C1CCCC(C)C1=O. The molecule has 0 spiro atoms. The van der Waals surface area contributed by atoms with Crippen LogP contribution in [0.2, 0.25) is 0 Å². The highest BCUT2D eigenvalue weighted by Crippen LogP contribution is 2.28. The van der Waals surface area contributed by atoms with Gasteiger partial charge in [0.15, 0.2) is 5.12 Å². The summed E-state index contributed by atoms with van der Waals surface area (Å²) < 4.78 is 0. The van der Waals surface area contributed by atoms with Crippen LogP contribution in [-0.4, -0.2) is 17.2 Å². The Morgan fingerprint density at radius 1 is 1.50 bits per heavy atom. The lowest BCUT2D eigenvalue weighted by molar-refractivity contribution is -0.133. The van der Waals surface area contributed by atoms with E-state index in [0.717, 1.165) is 19.3 Å². The first kappa shape index (κ1) is 9.78. The molecule has 1 rings (SSSR count). The van der Waals surface area contributed by atoms with E-state index in [2.05, 4.69) is 0 Å². The summed E-state index contributed by atoms with van der Waals surface area (Å²) in [5, 5.41) is 0.0477. The van der Waals surface area contributed by atoms with Crippen LogP contribution < -0.4 is 0 Å². The van der Waals surface area contributed by atoms with Crippen LogP contribution in [0.15, 0.2) is 0 Å². The summed E-state index contributed by atoms with van der Waals surface area (Å²) in [6.45, 7) is 1.92. The normalized spacial score (nSPS) is 30.3. The third-order valence-electron chi connectivity index (χ3n) is 2.44. The standard InChI is InChI=1S/C9H14O2S/c1-6-4-3-5-7(8(6)10)9(11)12-2/h6-7H,3-5H2,1-2H3. The highest BCUT2D eigenvalue weighted by Gasteiger charge is 2.32. The van der Waals surface area contributed by atoms with Crippen molar-refractivity contribution in [3.05, 3.63) is 0 Å². The third-order valence-corrected chi connectivity index (χ3v) is 3.13. The van der Waals surface area contributed by atoms with Gasteiger partial charge in [-0.15, -0.1) is 0 Å². The number of carbonyl (C=O) groups is 2. The molecule has 2 nitrogen and oxygen atoms in total. The zero-order valence-electron chi connectivity index (χ0n) is 7.50. The summed E-state index contributed by atoms with van der Waals surface area (Å²) in [6, 6.07) is 0. The van der Waals surface area contributed by atoms with Crippen LogP contribution in [0, 0.1) is 11.8 Å². The quantitative estimate of drug-likeness (QED) is 0.586. The highest BCUT2D eigenvalue weighted by molar-refractivity contribution is 8.13. The first-order valence-electron chi connectivity index (χ1n) is 4.28. The molecule has 12 heavy (non-hydrogen) atoms. The van der Waals surface area contributed by atoms with Gasteiger partial charge in [0.1, 0.15) is 5.78 Å². The van der Waals surface area contributed by atoms with Gasteiger partial charge in [0, 0.05) is 5.92 Å². The average Bonchev–Trinajstić information content (AvgIpc) is 2.08. The Morgan fingerprint density at radius 3 is 2.75 bits per heavy atom. The van der Waals surface area contributed by atoms with E-state index in [1.165, 1.54) is 11.8 Å². The zero-order valence-corrected chi connectivity index (χ0v) is 8.32. The maximum Gasteiger partial charge on any atom is 0.199 e. The van der Waals surface area contributed by atoms with Gasteiger partial charge in [0.25, 0.3) is 0 Å². The lowest BCUT2D eigenvalue weighted by Gasteiger charge is -2.23. The lowest BCUT2D eigenvalue weighted by Crippen LogP contribution is -2.31. The topological polar surface area (TPSA) is 34.1 Å². The summed E-state index contributed by atoms with van der Waals surface area (Å²) in [7, 11) is 0. The lowest BCUT2D eigenvalue weighted by atomic mass is 9.82. The van der Waals surface area contributed by atoms with Gasteiger partial charge in [-0.1, -0.05) is 25.1 Å². The smallest absolute Gasteiger partial charge is 0.199 e. The molecule has 2 atom stereocenters. The second-order valence-corrected chi connectivity index (χ2v) is 4.12. The highest BCUT2D eigenvalue weighted by atomic mass is 32.2. The number of Topliss-reactive ketones (excluding diaryl/α,β-unsaturated/α-hetero) is 1. The molecule has 1 saturated carbocycles. The van der Waals surface area contributed by atoms with E-state index in [9.17, 15) is 9.59 Å². The second-order valence-electron chi connectivity index (χ2n) is 3.31. The van der Waals surface area contributed by atoms with Crippen molar-refractivity contribution in [2.75, 3.05) is 6.26 Å². The zero-order chi connectivity index (χ0) is 9.14. The molecule has 0 aromatic heterocycles. The largest absolute Gasteiger partial charge is 0.299 e. The number of ketones is 1. The van der Waals surface area contributed by atoms with Gasteiger partial charge < -0.3 is 0 Å². The molecule has 0 aliphatic heterocycles. The van der Waals surface area contributed by atoms with Gasteiger partial charge in [-0.25, -0.2) is 0 Å². The van der Waals surface area contributed by atoms with Crippen molar-refractivity contribution in [3.63, 3.8) is 0 Å². The minimum Gasteiger partial charge on any atom is -0.299 e. The summed E-state index contributed by atoms with van der Waals surface area (Å²) in [6.07, 6.45) is 4.48. The number of rotatable bonds is 1. The summed E-state index contributed by atoms with van der Waals surface area (Å²) in [5.74, 6) is -0.0517. The first-order chi connectivity index (χ1) is 5.66. The third kappa shape index (κ3) is 1.89. The van der Waals surface area contributed by atoms with E-state index in [-0.39, 0.29) is 22.7 Å². The molecule has 0 bridgehead atoms. The van der Waals surface area contributed by atoms with Gasteiger partial charge in [-0.2, -0.15) is 0 Å². The van der Waals surface area contributed by atoms with Crippen molar-refractivity contribution in [3.8, 4) is 0 Å². The predicted molar refractivity (Wildman–Crippen MR) is 50.0 cm³/mol. The van der Waals surface area contributed by atoms with E-state index in [0.29, 0.717) is 0 Å². The molecule has 2 unspecified atom stereocenters. The number of thioether (sulfide) groups is 1. The predicted octanol–water partition coefficient (Wildman–Crippen LogP) is 1.88. The molecule has 0 aromatic carbocycles. The van der Waals surface area contributed by atoms with Crippen LogP contribution in [-0.2, 0) is 9.59 Å². The number of hydrogen-bond acceptors (Lipinski definition) is 3. The monoisotopic (exact) mass is 186 g/mol. The fraction of sp³-hybridized carbons (Fsp3) is 0.778. The molecule has 68 valence electrons. The van der Waals surface area contributed by atoms with E-state index < -0.39 is 0 Å². The van der Waals surface area contributed by atoms with Gasteiger partial charge in [-0.3, -0.25) is 9.59 Å². The van der Waals surface area contributed by atoms with Crippen molar-refractivity contribution < 1.29 is 9.59 Å². The molecule has 1 aliphatic rings. The van der Waals surface area contributed by atoms with Crippen LogP contribution >= 0.6 is 11.8 Å². The maximum absolute atomic E-state index is 11.5. The van der Waals surface area contributed by atoms with Crippen molar-refractivity contribution >= 4 is 22.7 Å². The molecular formula is C9H14O2S. The van der Waals surface area contributed by atoms with E-state index in [4.69, 9.17) is 0 Å². The fourth-order valence-electron chi connectivity index (χ4n) is 1.63. The molecule has 0 aromatic rings. The van der Waals surface area contributed by atoms with Crippen LogP contribution in [0.4, 0.5) is 0 Å². The fourth-order valence-corrected chi connectivity index (χ4v) is 2.15. The molecule has 0 heterocycles. The van der Waals surface area contributed by atoms with Crippen LogP contribution in [0.5, 0.6) is 0 Å². The maximum atomic E-state index is 11.5. The molecule has 1 fully saturated rings. The van der Waals surface area contributed by atoms with E-state index in [1.54, 1.807) is 6.26 Å². The van der Waals surface area contributed by atoms with Gasteiger partial charge >= 0.3 is 0 Å². The molecular weight excluding hydrogens is 172 g/mol. The Hall–Kier alpha value is -0.310. The second kappa shape index (κ2) is 4.08.